The van der Waals surface area contributed by atoms with Crippen LogP contribution in [0.3, 0.4) is 0 Å². The second-order valence-electron chi connectivity index (χ2n) is 5.06. The summed E-state index contributed by atoms with van der Waals surface area (Å²) in [5, 5.41) is 0. The number of hydrogen-bond acceptors (Lipinski definition) is 3. The summed E-state index contributed by atoms with van der Waals surface area (Å²) in [6.07, 6.45) is 1.20. The predicted octanol–water partition coefficient (Wildman–Crippen LogP) is 3.14. The first kappa shape index (κ1) is 15.8. The van der Waals surface area contributed by atoms with Crippen LogP contribution in [0.2, 0.25) is 0 Å². The Balaban J connectivity index is 2.58. The fourth-order valence-electron chi connectivity index (χ4n) is 2.47. The molecule has 0 unspecified atom stereocenters. The molecular formula is C16H29N3. The normalized spacial score (nSPS) is 11.0. The van der Waals surface area contributed by atoms with E-state index in [0.29, 0.717) is 0 Å². The topological polar surface area (TPSA) is 32.5 Å². The molecule has 108 valence electrons. The zero-order chi connectivity index (χ0) is 14.3. The molecule has 0 aliphatic rings. The van der Waals surface area contributed by atoms with Gasteiger partial charge in [0.15, 0.2) is 0 Å². The molecule has 19 heavy (non-hydrogen) atoms. The van der Waals surface area contributed by atoms with Crippen molar-refractivity contribution in [2.75, 3.05) is 43.4 Å². The Hall–Kier alpha value is -1.22. The Bertz CT molecular complexity index is 352. The minimum atomic E-state index is 0.859. The van der Waals surface area contributed by atoms with Crippen LogP contribution in [0, 0.1) is 6.92 Å². The molecule has 0 heterocycles. The Labute approximate surface area is 118 Å². The van der Waals surface area contributed by atoms with Crippen molar-refractivity contribution in [2.45, 2.75) is 34.1 Å². The van der Waals surface area contributed by atoms with Gasteiger partial charge in [-0.15, -0.1) is 0 Å². The van der Waals surface area contributed by atoms with Gasteiger partial charge in [-0.3, -0.25) is 0 Å². The van der Waals surface area contributed by atoms with Crippen molar-refractivity contribution < 1.29 is 0 Å². The molecule has 3 nitrogen and oxygen atoms in total. The van der Waals surface area contributed by atoms with Crippen molar-refractivity contribution in [3.8, 4) is 0 Å². The first-order valence-corrected chi connectivity index (χ1v) is 7.45. The van der Waals surface area contributed by atoms with Crippen LogP contribution in [0.25, 0.3) is 0 Å². The maximum absolute atomic E-state index is 5.94. The molecule has 0 aliphatic heterocycles. The average Bonchev–Trinajstić information content (AvgIpc) is 2.38. The zero-order valence-electron chi connectivity index (χ0n) is 12.9. The van der Waals surface area contributed by atoms with E-state index in [-0.39, 0.29) is 0 Å². The molecular weight excluding hydrogens is 234 g/mol. The highest BCUT2D eigenvalue weighted by atomic mass is 15.1. The molecule has 0 amide bonds. The predicted molar refractivity (Wildman–Crippen MR) is 85.9 cm³/mol. The molecule has 1 aromatic carbocycles. The summed E-state index contributed by atoms with van der Waals surface area (Å²) >= 11 is 0. The molecule has 0 fully saturated rings. The van der Waals surface area contributed by atoms with Crippen LogP contribution in [-0.4, -0.2) is 37.6 Å². The van der Waals surface area contributed by atoms with Crippen LogP contribution >= 0.6 is 0 Å². The minimum Gasteiger partial charge on any atom is -0.399 e. The van der Waals surface area contributed by atoms with Crippen LogP contribution < -0.4 is 10.6 Å². The first-order chi connectivity index (χ1) is 9.10. The van der Waals surface area contributed by atoms with E-state index in [0.717, 1.165) is 31.9 Å². The highest BCUT2D eigenvalue weighted by Gasteiger charge is 2.06. The van der Waals surface area contributed by atoms with Gasteiger partial charge in [-0.2, -0.15) is 0 Å². The number of nitrogen functional groups attached to an aromatic ring is 1. The Kier molecular flexibility index (Phi) is 6.71. The van der Waals surface area contributed by atoms with Gasteiger partial charge in [-0.1, -0.05) is 13.8 Å². The van der Waals surface area contributed by atoms with Gasteiger partial charge in [-0.25, -0.2) is 0 Å². The van der Waals surface area contributed by atoms with E-state index < -0.39 is 0 Å². The number of rotatable bonds is 8. The van der Waals surface area contributed by atoms with Gasteiger partial charge < -0.3 is 15.5 Å². The van der Waals surface area contributed by atoms with Gasteiger partial charge in [0.05, 0.1) is 0 Å². The molecule has 0 radical (unpaired) electrons. The molecule has 0 atom stereocenters. The van der Waals surface area contributed by atoms with Gasteiger partial charge in [0.1, 0.15) is 0 Å². The summed E-state index contributed by atoms with van der Waals surface area (Å²) in [5.41, 5.74) is 9.28. The van der Waals surface area contributed by atoms with Crippen molar-refractivity contribution in [3.05, 3.63) is 23.8 Å². The molecule has 0 saturated carbocycles. The number of hydrogen-bond donors (Lipinski definition) is 1. The molecule has 1 aromatic rings. The standard InChI is InChI=1S/C16H29N3/c1-5-18(6-2)9-8-10-19(7-3)16-12-14(4)11-15(17)13-16/h11-13H,5-10,17H2,1-4H3. The number of nitrogens with zero attached hydrogens (tertiary/aromatic N) is 2. The van der Waals surface area contributed by atoms with Gasteiger partial charge in [-0.05, 0) is 63.7 Å². The van der Waals surface area contributed by atoms with Gasteiger partial charge in [0, 0.05) is 24.5 Å². The molecule has 0 spiro atoms. The first-order valence-electron chi connectivity index (χ1n) is 7.45. The lowest BCUT2D eigenvalue weighted by atomic mass is 10.1. The van der Waals surface area contributed by atoms with Gasteiger partial charge >= 0.3 is 0 Å². The van der Waals surface area contributed by atoms with E-state index >= 15 is 0 Å². The minimum absolute atomic E-state index is 0.859. The number of aryl methyl sites for hydroxylation is 1. The lowest BCUT2D eigenvalue weighted by Gasteiger charge is -2.26. The third-order valence-electron chi connectivity index (χ3n) is 3.63. The van der Waals surface area contributed by atoms with Gasteiger partial charge in [0.25, 0.3) is 0 Å². The van der Waals surface area contributed by atoms with Crippen molar-refractivity contribution in [1.82, 2.24) is 4.90 Å². The second-order valence-corrected chi connectivity index (χ2v) is 5.06. The second kappa shape index (κ2) is 8.05. The van der Waals surface area contributed by atoms with E-state index in [2.05, 4.69) is 49.6 Å². The fourth-order valence-corrected chi connectivity index (χ4v) is 2.47. The molecule has 0 aliphatic carbocycles. The smallest absolute Gasteiger partial charge is 0.0389 e. The van der Waals surface area contributed by atoms with Crippen molar-refractivity contribution >= 4 is 11.4 Å². The summed E-state index contributed by atoms with van der Waals surface area (Å²) < 4.78 is 0. The Morgan fingerprint density at radius 1 is 0.947 bits per heavy atom. The largest absolute Gasteiger partial charge is 0.399 e. The summed E-state index contributed by atoms with van der Waals surface area (Å²) in [6, 6.07) is 6.32. The average molecular weight is 263 g/mol. The Morgan fingerprint density at radius 3 is 2.16 bits per heavy atom. The summed E-state index contributed by atoms with van der Waals surface area (Å²) in [7, 11) is 0. The highest BCUT2D eigenvalue weighted by Crippen LogP contribution is 2.20. The van der Waals surface area contributed by atoms with Crippen LogP contribution in [0.5, 0.6) is 0 Å². The van der Waals surface area contributed by atoms with Crippen molar-refractivity contribution in [3.63, 3.8) is 0 Å². The van der Waals surface area contributed by atoms with Gasteiger partial charge in [0.2, 0.25) is 0 Å². The van der Waals surface area contributed by atoms with E-state index in [9.17, 15) is 0 Å². The lowest BCUT2D eigenvalue weighted by molar-refractivity contribution is 0.301. The van der Waals surface area contributed by atoms with Crippen LogP contribution in [0.4, 0.5) is 11.4 Å². The van der Waals surface area contributed by atoms with Crippen LogP contribution in [0.15, 0.2) is 18.2 Å². The maximum Gasteiger partial charge on any atom is 0.0389 e. The Morgan fingerprint density at radius 2 is 1.63 bits per heavy atom. The number of nitrogens with two attached hydrogens (primary N) is 1. The van der Waals surface area contributed by atoms with Crippen LogP contribution in [-0.2, 0) is 0 Å². The van der Waals surface area contributed by atoms with E-state index in [1.54, 1.807) is 0 Å². The van der Waals surface area contributed by atoms with E-state index in [1.807, 2.05) is 6.07 Å². The maximum atomic E-state index is 5.94. The molecule has 2 N–H and O–H groups in total. The van der Waals surface area contributed by atoms with E-state index in [1.165, 1.54) is 24.2 Å². The SMILES string of the molecule is CCN(CC)CCCN(CC)c1cc(C)cc(N)c1. The quantitative estimate of drug-likeness (QED) is 0.731. The number of anilines is 2. The summed E-state index contributed by atoms with van der Waals surface area (Å²) in [6.45, 7) is 14.3. The van der Waals surface area contributed by atoms with Crippen molar-refractivity contribution in [1.29, 1.82) is 0 Å². The molecule has 1 rings (SSSR count). The zero-order valence-corrected chi connectivity index (χ0v) is 12.9. The monoisotopic (exact) mass is 263 g/mol. The summed E-state index contributed by atoms with van der Waals surface area (Å²) in [5.74, 6) is 0. The molecule has 0 bridgehead atoms. The lowest BCUT2D eigenvalue weighted by Crippen LogP contribution is -2.30. The molecule has 3 heteroatoms. The summed E-state index contributed by atoms with van der Waals surface area (Å²) in [4.78, 5) is 4.88. The molecule has 0 aromatic heterocycles. The third kappa shape index (κ3) is 5.11. The van der Waals surface area contributed by atoms with Crippen LogP contribution in [0.1, 0.15) is 32.8 Å². The van der Waals surface area contributed by atoms with Crippen molar-refractivity contribution in [2.24, 2.45) is 0 Å². The highest BCUT2D eigenvalue weighted by molar-refractivity contribution is 5.58. The third-order valence-corrected chi connectivity index (χ3v) is 3.63. The molecule has 0 saturated heterocycles. The van der Waals surface area contributed by atoms with E-state index in [4.69, 9.17) is 5.73 Å². The number of benzene rings is 1. The fraction of sp³-hybridized carbons (Fsp3) is 0.625.